The van der Waals surface area contributed by atoms with Crippen molar-refractivity contribution in [3.8, 4) is 0 Å². The first-order chi connectivity index (χ1) is 5.90. The molecule has 2 rings (SSSR count). The number of H-pyrrole nitrogens is 1. The summed E-state index contributed by atoms with van der Waals surface area (Å²) in [6.07, 6.45) is 6.45. The van der Waals surface area contributed by atoms with Crippen molar-refractivity contribution in [2.45, 2.75) is 25.7 Å². The lowest BCUT2D eigenvalue weighted by Gasteiger charge is -1.89. The van der Waals surface area contributed by atoms with Gasteiger partial charge in [0.2, 0.25) is 0 Å². The van der Waals surface area contributed by atoms with E-state index >= 15 is 0 Å². The fraction of sp³-hybridized carbons (Fsp3) is 0.444. The van der Waals surface area contributed by atoms with E-state index in [-0.39, 0.29) is 0 Å². The Morgan fingerprint density at radius 1 is 1.67 bits per heavy atom. The minimum absolute atomic E-state index is 0.749. The van der Waals surface area contributed by atoms with Gasteiger partial charge in [-0.25, -0.2) is 0 Å². The van der Waals surface area contributed by atoms with E-state index in [0.717, 1.165) is 11.7 Å². The summed E-state index contributed by atoms with van der Waals surface area (Å²) in [5, 5.41) is 10.2. The number of aromatic amines is 1. The van der Waals surface area contributed by atoms with Gasteiger partial charge in [-0.3, -0.25) is 5.10 Å². The SMILES string of the molecule is C/C=C\Nc1cc(C2CC2)[nH]n1. The van der Waals surface area contributed by atoms with Gasteiger partial charge in [0.1, 0.15) is 0 Å². The molecule has 0 saturated heterocycles. The Balaban J connectivity index is 2.02. The quantitative estimate of drug-likeness (QED) is 0.717. The molecule has 0 bridgehead atoms. The van der Waals surface area contributed by atoms with Crippen LogP contribution < -0.4 is 5.32 Å². The lowest BCUT2D eigenvalue weighted by molar-refractivity contribution is 0.966. The van der Waals surface area contributed by atoms with Gasteiger partial charge in [-0.15, -0.1) is 0 Å². The lowest BCUT2D eigenvalue weighted by atomic mass is 10.3. The van der Waals surface area contributed by atoms with E-state index in [4.69, 9.17) is 0 Å². The van der Waals surface area contributed by atoms with Crippen molar-refractivity contribution in [2.75, 3.05) is 5.32 Å². The van der Waals surface area contributed by atoms with E-state index in [1.807, 2.05) is 19.2 Å². The van der Waals surface area contributed by atoms with Crippen molar-refractivity contribution < 1.29 is 0 Å². The first kappa shape index (κ1) is 7.40. The Kier molecular flexibility index (Phi) is 1.86. The maximum absolute atomic E-state index is 4.13. The first-order valence-corrected chi connectivity index (χ1v) is 4.33. The Morgan fingerprint density at radius 3 is 3.17 bits per heavy atom. The van der Waals surface area contributed by atoms with Crippen molar-refractivity contribution in [1.29, 1.82) is 0 Å². The van der Waals surface area contributed by atoms with E-state index in [1.54, 1.807) is 0 Å². The third-order valence-corrected chi connectivity index (χ3v) is 2.01. The van der Waals surface area contributed by atoms with Crippen molar-refractivity contribution in [3.63, 3.8) is 0 Å². The predicted molar refractivity (Wildman–Crippen MR) is 49.0 cm³/mol. The molecule has 2 N–H and O–H groups in total. The van der Waals surface area contributed by atoms with Gasteiger partial charge in [0.05, 0.1) is 0 Å². The van der Waals surface area contributed by atoms with Gasteiger partial charge >= 0.3 is 0 Å². The van der Waals surface area contributed by atoms with Crippen molar-refractivity contribution in [2.24, 2.45) is 0 Å². The number of aromatic nitrogens is 2. The van der Waals surface area contributed by atoms with Gasteiger partial charge < -0.3 is 5.32 Å². The summed E-state index contributed by atoms with van der Waals surface area (Å²) in [6.45, 7) is 1.97. The molecule has 3 nitrogen and oxygen atoms in total. The van der Waals surface area contributed by atoms with E-state index < -0.39 is 0 Å². The molecule has 1 aliphatic carbocycles. The number of nitrogens with one attached hydrogen (secondary N) is 2. The molecule has 1 aromatic heterocycles. The molecule has 12 heavy (non-hydrogen) atoms. The Bertz CT molecular complexity index is 284. The summed E-state index contributed by atoms with van der Waals surface area (Å²) in [4.78, 5) is 0. The first-order valence-electron chi connectivity index (χ1n) is 4.33. The number of hydrogen-bond donors (Lipinski definition) is 2. The Hall–Kier alpha value is -1.25. The highest BCUT2D eigenvalue weighted by atomic mass is 15.2. The van der Waals surface area contributed by atoms with Crippen LogP contribution in [0.3, 0.4) is 0 Å². The summed E-state index contributed by atoms with van der Waals surface area (Å²) >= 11 is 0. The molecule has 0 aromatic carbocycles. The van der Waals surface area contributed by atoms with Crippen LogP contribution in [0.2, 0.25) is 0 Å². The number of allylic oxidation sites excluding steroid dienone is 1. The van der Waals surface area contributed by atoms with Crippen molar-refractivity contribution >= 4 is 5.82 Å². The molecule has 1 aromatic rings. The van der Waals surface area contributed by atoms with Crippen LogP contribution in [0, 0.1) is 0 Å². The maximum atomic E-state index is 4.13. The monoisotopic (exact) mass is 163 g/mol. The Labute approximate surface area is 71.9 Å². The molecule has 1 heterocycles. The molecular weight excluding hydrogens is 150 g/mol. The van der Waals surface area contributed by atoms with E-state index in [2.05, 4.69) is 21.6 Å². The Morgan fingerprint density at radius 2 is 2.50 bits per heavy atom. The molecule has 0 aliphatic heterocycles. The van der Waals surface area contributed by atoms with Crippen molar-refractivity contribution in [3.05, 3.63) is 24.0 Å². The van der Waals surface area contributed by atoms with E-state index in [0.29, 0.717) is 0 Å². The summed E-state index contributed by atoms with van der Waals surface area (Å²) in [7, 11) is 0. The molecule has 64 valence electrons. The number of rotatable bonds is 3. The largest absolute Gasteiger partial charge is 0.346 e. The highest BCUT2D eigenvalue weighted by molar-refractivity contribution is 5.39. The summed E-state index contributed by atoms with van der Waals surface area (Å²) < 4.78 is 0. The topological polar surface area (TPSA) is 40.7 Å². The van der Waals surface area contributed by atoms with Crippen LogP contribution in [-0.2, 0) is 0 Å². The molecule has 1 fully saturated rings. The van der Waals surface area contributed by atoms with Crippen LogP contribution in [0.1, 0.15) is 31.4 Å². The molecule has 0 spiro atoms. The van der Waals surface area contributed by atoms with Crippen LogP contribution in [0.25, 0.3) is 0 Å². The molecule has 0 radical (unpaired) electrons. The summed E-state index contributed by atoms with van der Waals surface area (Å²) in [6, 6.07) is 2.08. The third kappa shape index (κ3) is 1.49. The highest BCUT2D eigenvalue weighted by Gasteiger charge is 2.25. The number of hydrogen-bond acceptors (Lipinski definition) is 2. The van der Waals surface area contributed by atoms with Gasteiger partial charge in [-0.1, -0.05) is 6.08 Å². The number of anilines is 1. The van der Waals surface area contributed by atoms with Crippen molar-refractivity contribution in [1.82, 2.24) is 10.2 Å². The minimum Gasteiger partial charge on any atom is -0.346 e. The van der Waals surface area contributed by atoms with Gasteiger partial charge in [0.25, 0.3) is 0 Å². The van der Waals surface area contributed by atoms with Gasteiger partial charge in [0, 0.05) is 17.7 Å². The fourth-order valence-corrected chi connectivity index (χ4v) is 1.18. The number of nitrogens with zero attached hydrogens (tertiary/aromatic N) is 1. The van der Waals surface area contributed by atoms with Crippen LogP contribution in [0.5, 0.6) is 0 Å². The zero-order chi connectivity index (χ0) is 8.39. The van der Waals surface area contributed by atoms with Crippen LogP contribution in [-0.4, -0.2) is 10.2 Å². The molecule has 3 heteroatoms. The normalized spacial score (nSPS) is 17.1. The molecule has 0 amide bonds. The van der Waals surface area contributed by atoms with E-state index in [9.17, 15) is 0 Å². The standard InChI is InChI=1S/C9H13N3/c1-2-5-10-9-6-8(11-12-9)7-3-4-7/h2,5-7H,3-4H2,1H3,(H2,10,11,12)/b5-2-. The van der Waals surface area contributed by atoms with Gasteiger partial charge in [-0.2, -0.15) is 5.10 Å². The second-order valence-electron chi connectivity index (χ2n) is 3.13. The maximum Gasteiger partial charge on any atom is 0.151 e. The molecular formula is C9H13N3. The van der Waals surface area contributed by atoms with Gasteiger partial charge in [-0.05, 0) is 26.0 Å². The van der Waals surface area contributed by atoms with Crippen LogP contribution in [0.4, 0.5) is 5.82 Å². The van der Waals surface area contributed by atoms with Crippen LogP contribution >= 0.6 is 0 Å². The zero-order valence-corrected chi connectivity index (χ0v) is 7.17. The fourth-order valence-electron chi connectivity index (χ4n) is 1.18. The summed E-state index contributed by atoms with van der Waals surface area (Å²) in [5.41, 5.74) is 1.27. The predicted octanol–water partition coefficient (Wildman–Crippen LogP) is 2.23. The van der Waals surface area contributed by atoms with Gasteiger partial charge in [0.15, 0.2) is 5.82 Å². The molecule has 1 aliphatic rings. The smallest absolute Gasteiger partial charge is 0.151 e. The average molecular weight is 163 g/mol. The minimum atomic E-state index is 0.749. The average Bonchev–Trinajstić information content (AvgIpc) is 2.83. The molecule has 0 unspecified atom stereocenters. The molecule has 0 atom stereocenters. The van der Waals surface area contributed by atoms with Crippen LogP contribution in [0.15, 0.2) is 18.3 Å². The second-order valence-corrected chi connectivity index (χ2v) is 3.13. The van der Waals surface area contributed by atoms with E-state index in [1.165, 1.54) is 18.5 Å². The highest BCUT2D eigenvalue weighted by Crippen LogP contribution is 2.39. The molecule has 1 saturated carbocycles. The third-order valence-electron chi connectivity index (χ3n) is 2.01. The second kappa shape index (κ2) is 3.01. The lowest BCUT2D eigenvalue weighted by Crippen LogP contribution is -1.85. The zero-order valence-electron chi connectivity index (χ0n) is 7.17. The summed E-state index contributed by atoms with van der Waals surface area (Å²) in [5.74, 6) is 1.66.